The van der Waals surface area contributed by atoms with E-state index in [2.05, 4.69) is 23.8 Å². The van der Waals surface area contributed by atoms with Crippen molar-refractivity contribution in [2.24, 2.45) is 0 Å². The second-order valence-electron chi connectivity index (χ2n) is 5.01. The second kappa shape index (κ2) is 6.02. The summed E-state index contributed by atoms with van der Waals surface area (Å²) in [4.78, 5) is 2.23. The number of nitrogens with zero attached hydrogens (tertiary/aromatic N) is 3. The standard InChI is InChI=1S/C12H20ClN3O2/c1-9-4-15(5-10(2)18-9)7-12(17)8-16-6-11(13)3-14-16/h3,6,9-10,12,17H,4-5,7-8H2,1-2H3. The molecule has 1 fully saturated rings. The van der Waals surface area contributed by atoms with Crippen molar-refractivity contribution in [3.8, 4) is 0 Å². The van der Waals surface area contributed by atoms with E-state index in [1.807, 2.05) is 0 Å². The maximum atomic E-state index is 10.1. The van der Waals surface area contributed by atoms with Gasteiger partial charge in [-0.15, -0.1) is 0 Å². The first-order chi connectivity index (χ1) is 8.52. The van der Waals surface area contributed by atoms with E-state index in [0.29, 0.717) is 18.1 Å². The fourth-order valence-electron chi connectivity index (χ4n) is 2.44. The van der Waals surface area contributed by atoms with Gasteiger partial charge >= 0.3 is 0 Å². The molecule has 0 spiro atoms. The van der Waals surface area contributed by atoms with Gasteiger partial charge in [-0.2, -0.15) is 5.10 Å². The summed E-state index contributed by atoms with van der Waals surface area (Å²) in [6.45, 7) is 6.94. The molecule has 0 saturated carbocycles. The maximum absolute atomic E-state index is 10.1. The third kappa shape index (κ3) is 3.95. The normalized spacial score (nSPS) is 27.3. The molecule has 0 radical (unpaired) electrons. The van der Waals surface area contributed by atoms with Crippen molar-refractivity contribution in [2.45, 2.75) is 38.7 Å². The van der Waals surface area contributed by atoms with Gasteiger partial charge in [0, 0.05) is 25.8 Å². The lowest BCUT2D eigenvalue weighted by molar-refractivity contribution is -0.0774. The van der Waals surface area contributed by atoms with E-state index in [-0.39, 0.29) is 12.2 Å². The Bertz CT molecular complexity index is 375. The fraction of sp³-hybridized carbons (Fsp3) is 0.750. The molecule has 0 bridgehead atoms. The van der Waals surface area contributed by atoms with E-state index < -0.39 is 6.10 Å². The van der Waals surface area contributed by atoms with Crippen molar-refractivity contribution < 1.29 is 9.84 Å². The van der Waals surface area contributed by atoms with Crippen molar-refractivity contribution >= 4 is 11.6 Å². The maximum Gasteiger partial charge on any atom is 0.0862 e. The Morgan fingerprint density at radius 3 is 2.67 bits per heavy atom. The van der Waals surface area contributed by atoms with E-state index in [1.54, 1.807) is 17.1 Å². The summed E-state index contributed by atoms with van der Waals surface area (Å²) in [6, 6.07) is 0. The van der Waals surface area contributed by atoms with Crippen LogP contribution in [0.15, 0.2) is 12.4 Å². The molecule has 1 aliphatic rings. The first-order valence-corrected chi connectivity index (χ1v) is 6.64. The minimum atomic E-state index is -0.446. The summed E-state index contributed by atoms with van der Waals surface area (Å²) in [7, 11) is 0. The topological polar surface area (TPSA) is 50.5 Å². The summed E-state index contributed by atoms with van der Waals surface area (Å²) >= 11 is 5.78. The van der Waals surface area contributed by atoms with Crippen LogP contribution >= 0.6 is 11.6 Å². The van der Waals surface area contributed by atoms with Crippen LogP contribution in [0.4, 0.5) is 0 Å². The molecular weight excluding hydrogens is 254 g/mol. The zero-order valence-electron chi connectivity index (χ0n) is 10.8. The monoisotopic (exact) mass is 273 g/mol. The van der Waals surface area contributed by atoms with Crippen LogP contribution in [0.5, 0.6) is 0 Å². The summed E-state index contributed by atoms with van der Waals surface area (Å²) in [5.74, 6) is 0. The molecule has 0 aromatic carbocycles. The first kappa shape index (κ1) is 13.8. The zero-order chi connectivity index (χ0) is 13.1. The molecule has 0 amide bonds. The SMILES string of the molecule is CC1CN(CC(O)Cn2cc(Cl)cn2)CC(C)O1. The molecule has 0 aliphatic carbocycles. The van der Waals surface area contributed by atoms with Gasteiger partial charge in [0.05, 0.1) is 36.1 Å². The van der Waals surface area contributed by atoms with Gasteiger partial charge in [0.2, 0.25) is 0 Å². The Morgan fingerprint density at radius 1 is 1.44 bits per heavy atom. The molecule has 2 rings (SSSR count). The van der Waals surface area contributed by atoms with Crippen LogP contribution in [0.2, 0.25) is 5.02 Å². The van der Waals surface area contributed by atoms with E-state index in [4.69, 9.17) is 16.3 Å². The smallest absolute Gasteiger partial charge is 0.0862 e. The van der Waals surface area contributed by atoms with E-state index in [0.717, 1.165) is 13.1 Å². The summed E-state index contributed by atoms with van der Waals surface area (Å²) in [6.07, 6.45) is 3.29. The van der Waals surface area contributed by atoms with Crippen molar-refractivity contribution in [3.63, 3.8) is 0 Å². The van der Waals surface area contributed by atoms with Gasteiger partial charge in [0.25, 0.3) is 0 Å². The van der Waals surface area contributed by atoms with Crippen LogP contribution in [-0.4, -0.2) is 57.7 Å². The molecule has 1 aromatic heterocycles. The molecule has 3 unspecified atom stereocenters. The minimum absolute atomic E-state index is 0.222. The number of hydrogen-bond acceptors (Lipinski definition) is 4. The Morgan fingerprint density at radius 2 is 2.11 bits per heavy atom. The van der Waals surface area contributed by atoms with Crippen molar-refractivity contribution in [1.29, 1.82) is 0 Å². The highest BCUT2D eigenvalue weighted by Gasteiger charge is 2.23. The molecule has 6 heteroatoms. The van der Waals surface area contributed by atoms with Crippen LogP contribution in [-0.2, 0) is 11.3 Å². The molecule has 1 aliphatic heterocycles. The number of ether oxygens (including phenoxy) is 1. The highest BCUT2D eigenvalue weighted by Crippen LogP contribution is 2.11. The largest absolute Gasteiger partial charge is 0.390 e. The van der Waals surface area contributed by atoms with Crippen LogP contribution in [0.25, 0.3) is 0 Å². The highest BCUT2D eigenvalue weighted by molar-refractivity contribution is 6.30. The van der Waals surface area contributed by atoms with Crippen LogP contribution in [0, 0.1) is 0 Å². The molecule has 1 N–H and O–H groups in total. The summed E-state index contributed by atoms with van der Waals surface area (Å²) in [5.41, 5.74) is 0. The average Bonchev–Trinajstić information content (AvgIpc) is 2.61. The number of rotatable bonds is 4. The number of aromatic nitrogens is 2. The predicted octanol–water partition coefficient (Wildman–Crippen LogP) is 1.01. The third-order valence-corrected chi connectivity index (χ3v) is 3.16. The number of aliphatic hydroxyl groups is 1. The Kier molecular flexibility index (Phi) is 4.61. The number of halogens is 1. The van der Waals surface area contributed by atoms with E-state index in [9.17, 15) is 5.11 Å². The van der Waals surface area contributed by atoms with Gasteiger partial charge in [-0.05, 0) is 13.8 Å². The summed E-state index contributed by atoms with van der Waals surface area (Å²) < 4.78 is 7.33. The third-order valence-electron chi connectivity index (χ3n) is 2.96. The minimum Gasteiger partial charge on any atom is -0.390 e. The number of aliphatic hydroxyl groups excluding tert-OH is 1. The van der Waals surface area contributed by atoms with Crippen molar-refractivity contribution in [2.75, 3.05) is 19.6 Å². The Hall–Kier alpha value is -0.620. The lowest BCUT2D eigenvalue weighted by atomic mass is 10.2. The quantitative estimate of drug-likeness (QED) is 0.890. The molecule has 102 valence electrons. The molecule has 1 aromatic rings. The number of β-amino-alcohol motifs (C(OH)–C–C–N with tert-alkyl or cyclic N) is 1. The van der Waals surface area contributed by atoms with Crippen LogP contribution < -0.4 is 0 Å². The lowest BCUT2D eigenvalue weighted by Gasteiger charge is -2.36. The van der Waals surface area contributed by atoms with Gasteiger partial charge in [-0.1, -0.05) is 11.6 Å². The van der Waals surface area contributed by atoms with E-state index >= 15 is 0 Å². The zero-order valence-corrected chi connectivity index (χ0v) is 11.5. The molecular formula is C12H20ClN3O2. The number of morpholine rings is 1. The fourth-order valence-corrected chi connectivity index (χ4v) is 2.60. The van der Waals surface area contributed by atoms with E-state index in [1.165, 1.54) is 0 Å². The number of hydrogen-bond donors (Lipinski definition) is 1. The molecule has 5 nitrogen and oxygen atoms in total. The predicted molar refractivity (Wildman–Crippen MR) is 69.7 cm³/mol. The van der Waals surface area contributed by atoms with Crippen molar-refractivity contribution in [3.05, 3.63) is 17.4 Å². The van der Waals surface area contributed by atoms with Gasteiger partial charge in [-0.25, -0.2) is 0 Å². The summed E-state index contributed by atoms with van der Waals surface area (Å²) in [5, 5.41) is 14.7. The Labute approximate surface area is 112 Å². The van der Waals surface area contributed by atoms with Gasteiger partial charge < -0.3 is 9.84 Å². The van der Waals surface area contributed by atoms with Crippen LogP contribution in [0.3, 0.4) is 0 Å². The van der Waals surface area contributed by atoms with Gasteiger partial charge in [-0.3, -0.25) is 9.58 Å². The molecule has 3 atom stereocenters. The highest BCUT2D eigenvalue weighted by atomic mass is 35.5. The second-order valence-corrected chi connectivity index (χ2v) is 5.45. The van der Waals surface area contributed by atoms with Gasteiger partial charge in [0.15, 0.2) is 0 Å². The first-order valence-electron chi connectivity index (χ1n) is 6.26. The average molecular weight is 274 g/mol. The Balaban J connectivity index is 1.81. The molecule has 2 heterocycles. The molecule has 18 heavy (non-hydrogen) atoms. The lowest BCUT2D eigenvalue weighted by Crippen LogP contribution is -2.48. The van der Waals surface area contributed by atoms with Crippen molar-refractivity contribution in [1.82, 2.24) is 14.7 Å². The van der Waals surface area contributed by atoms with Gasteiger partial charge in [0.1, 0.15) is 0 Å². The molecule has 1 saturated heterocycles. The van der Waals surface area contributed by atoms with Crippen LogP contribution in [0.1, 0.15) is 13.8 Å².